The van der Waals surface area contributed by atoms with Crippen LogP contribution in [0.5, 0.6) is 0 Å². The summed E-state index contributed by atoms with van der Waals surface area (Å²) in [6.07, 6.45) is 7.48. The second-order valence-corrected chi connectivity index (χ2v) is 7.36. The van der Waals surface area contributed by atoms with Gasteiger partial charge in [-0.05, 0) is 31.1 Å². The molecule has 2 saturated carbocycles. The molecule has 1 amide bonds. The smallest absolute Gasteiger partial charge is 0.221 e. The highest BCUT2D eigenvalue weighted by Gasteiger charge is 2.39. The quantitative estimate of drug-likeness (QED) is 0.772. The Morgan fingerprint density at radius 1 is 1.22 bits per heavy atom. The van der Waals surface area contributed by atoms with E-state index >= 15 is 0 Å². The normalized spacial score (nSPS) is 31.3. The molecule has 2 aliphatic rings. The average molecular weight is 274 g/mol. The molecule has 104 valence electrons. The van der Waals surface area contributed by atoms with Crippen LogP contribution in [0.1, 0.15) is 38.5 Å². The van der Waals surface area contributed by atoms with Gasteiger partial charge < -0.3 is 5.32 Å². The number of hydrogen-bond donors (Lipinski definition) is 2. The first kappa shape index (κ1) is 13.8. The van der Waals surface area contributed by atoms with Crippen molar-refractivity contribution >= 4 is 15.9 Å². The van der Waals surface area contributed by atoms with E-state index < -0.39 is 10.0 Å². The van der Waals surface area contributed by atoms with Crippen LogP contribution in [0.3, 0.4) is 0 Å². The van der Waals surface area contributed by atoms with Gasteiger partial charge in [0, 0.05) is 19.0 Å². The molecule has 2 rings (SSSR count). The third kappa shape index (κ3) is 3.68. The highest BCUT2D eigenvalue weighted by Crippen LogP contribution is 2.43. The van der Waals surface area contributed by atoms with Crippen molar-refractivity contribution < 1.29 is 13.2 Å². The van der Waals surface area contributed by atoms with E-state index in [1.54, 1.807) is 0 Å². The minimum Gasteiger partial charge on any atom is -0.353 e. The van der Waals surface area contributed by atoms with E-state index in [4.69, 9.17) is 0 Å². The lowest BCUT2D eigenvalue weighted by Gasteiger charge is -2.20. The number of carbonyl (C=O) groups excluding carboxylic acids is 1. The van der Waals surface area contributed by atoms with Crippen LogP contribution < -0.4 is 10.0 Å². The lowest BCUT2D eigenvalue weighted by Crippen LogP contribution is -2.39. The maximum absolute atomic E-state index is 11.7. The van der Waals surface area contributed by atoms with Gasteiger partial charge in [0.1, 0.15) is 0 Å². The lowest BCUT2D eigenvalue weighted by atomic mass is 9.97. The molecule has 0 aliphatic heterocycles. The standard InChI is InChI=1S/C12H22N2O3S/c1-18(16,17)13-8-7-12(15)14-11-6-5-9-3-2-4-10(9)11/h9-11,13H,2-8H2,1H3,(H,14,15)/t9-,10-,11-/m0/s1. The van der Waals surface area contributed by atoms with Crippen molar-refractivity contribution in [1.29, 1.82) is 0 Å². The van der Waals surface area contributed by atoms with Crippen LogP contribution in [0.2, 0.25) is 0 Å². The Hall–Kier alpha value is -0.620. The third-order valence-electron chi connectivity index (χ3n) is 4.15. The first-order valence-corrected chi connectivity index (χ1v) is 8.59. The van der Waals surface area contributed by atoms with Gasteiger partial charge in [0.05, 0.1) is 6.26 Å². The van der Waals surface area contributed by atoms with Crippen LogP contribution in [-0.4, -0.2) is 33.2 Å². The Kier molecular flexibility index (Phi) is 4.27. The fourth-order valence-electron chi connectivity index (χ4n) is 3.37. The molecule has 0 aromatic rings. The second kappa shape index (κ2) is 5.57. The SMILES string of the molecule is CS(=O)(=O)NCCC(=O)N[C@H]1CC[C@@H]2CCC[C@@H]21. The minimum atomic E-state index is -3.19. The van der Waals surface area contributed by atoms with Crippen LogP contribution in [0.4, 0.5) is 0 Å². The zero-order valence-electron chi connectivity index (χ0n) is 10.8. The topological polar surface area (TPSA) is 75.3 Å². The molecule has 3 atom stereocenters. The predicted octanol–water partition coefficient (Wildman–Crippen LogP) is 0.621. The van der Waals surface area contributed by atoms with Gasteiger partial charge in [0.2, 0.25) is 15.9 Å². The molecular formula is C12H22N2O3S. The molecule has 0 heterocycles. The van der Waals surface area contributed by atoms with Gasteiger partial charge in [-0.25, -0.2) is 13.1 Å². The molecule has 2 N–H and O–H groups in total. The summed E-state index contributed by atoms with van der Waals surface area (Å²) >= 11 is 0. The number of rotatable bonds is 5. The molecule has 6 heteroatoms. The van der Waals surface area contributed by atoms with Crippen LogP contribution >= 0.6 is 0 Å². The minimum absolute atomic E-state index is 0.0382. The van der Waals surface area contributed by atoms with Crippen LogP contribution in [0.15, 0.2) is 0 Å². The molecular weight excluding hydrogens is 252 g/mol. The Labute approximate surface area is 109 Å². The molecule has 2 fully saturated rings. The van der Waals surface area contributed by atoms with Gasteiger partial charge in [-0.15, -0.1) is 0 Å². The van der Waals surface area contributed by atoms with E-state index in [1.165, 1.54) is 25.7 Å². The van der Waals surface area contributed by atoms with Gasteiger partial charge >= 0.3 is 0 Å². The van der Waals surface area contributed by atoms with Crippen LogP contribution in [0.25, 0.3) is 0 Å². The third-order valence-corrected chi connectivity index (χ3v) is 4.87. The molecule has 0 aromatic heterocycles. The van der Waals surface area contributed by atoms with Crippen LogP contribution in [0, 0.1) is 11.8 Å². The summed E-state index contributed by atoms with van der Waals surface area (Å²) in [7, 11) is -3.19. The second-order valence-electron chi connectivity index (χ2n) is 5.52. The fourth-order valence-corrected chi connectivity index (χ4v) is 3.84. The van der Waals surface area contributed by atoms with Crippen molar-refractivity contribution in [2.24, 2.45) is 11.8 Å². The van der Waals surface area contributed by atoms with Gasteiger partial charge in [0.15, 0.2) is 0 Å². The largest absolute Gasteiger partial charge is 0.353 e. The molecule has 0 spiro atoms. The van der Waals surface area contributed by atoms with Gasteiger partial charge in [-0.3, -0.25) is 4.79 Å². The number of nitrogens with one attached hydrogen (secondary N) is 2. The average Bonchev–Trinajstić information content (AvgIpc) is 2.81. The molecule has 2 aliphatic carbocycles. The van der Waals surface area contributed by atoms with Crippen LogP contribution in [-0.2, 0) is 14.8 Å². The molecule has 5 nitrogen and oxygen atoms in total. The van der Waals surface area contributed by atoms with E-state index in [0.29, 0.717) is 12.0 Å². The van der Waals surface area contributed by atoms with Gasteiger partial charge in [-0.1, -0.05) is 12.8 Å². The molecule has 0 radical (unpaired) electrons. The van der Waals surface area contributed by atoms with E-state index in [0.717, 1.165) is 18.6 Å². The van der Waals surface area contributed by atoms with E-state index in [9.17, 15) is 13.2 Å². The molecule has 0 unspecified atom stereocenters. The van der Waals surface area contributed by atoms with Crippen molar-refractivity contribution in [3.63, 3.8) is 0 Å². The molecule has 18 heavy (non-hydrogen) atoms. The number of hydrogen-bond acceptors (Lipinski definition) is 3. The zero-order valence-corrected chi connectivity index (χ0v) is 11.6. The summed E-state index contributed by atoms with van der Waals surface area (Å²) < 4.78 is 24.1. The molecule has 0 bridgehead atoms. The summed E-state index contributed by atoms with van der Waals surface area (Å²) in [5.41, 5.74) is 0. The van der Waals surface area contributed by atoms with Gasteiger partial charge in [0.25, 0.3) is 0 Å². The van der Waals surface area contributed by atoms with Crippen molar-refractivity contribution in [2.75, 3.05) is 12.8 Å². The maximum Gasteiger partial charge on any atom is 0.221 e. The summed E-state index contributed by atoms with van der Waals surface area (Å²) in [4.78, 5) is 11.7. The fraction of sp³-hybridized carbons (Fsp3) is 0.917. The molecule has 0 aromatic carbocycles. The highest BCUT2D eigenvalue weighted by molar-refractivity contribution is 7.88. The Bertz CT molecular complexity index is 408. The summed E-state index contributed by atoms with van der Waals surface area (Å²) in [5.74, 6) is 1.44. The van der Waals surface area contributed by atoms with E-state index in [2.05, 4.69) is 10.0 Å². The first-order valence-electron chi connectivity index (χ1n) is 6.70. The van der Waals surface area contributed by atoms with Gasteiger partial charge in [-0.2, -0.15) is 0 Å². The maximum atomic E-state index is 11.7. The van der Waals surface area contributed by atoms with E-state index in [1.807, 2.05) is 0 Å². The monoisotopic (exact) mass is 274 g/mol. The number of carbonyl (C=O) groups is 1. The summed E-state index contributed by atoms with van der Waals surface area (Å²) in [6, 6.07) is 0.322. The summed E-state index contributed by atoms with van der Waals surface area (Å²) in [5, 5.41) is 3.06. The predicted molar refractivity (Wildman–Crippen MR) is 69.5 cm³/mol. The number of amides is 1. The molecule has 0 saturated heterocycles. The summed E-state index contributed by atoms with van der Waals surface area (Å²) in [6.45, 7) is 0.186. The number of sulfonamides is 1. The van der Waals surface area contributed by atoms with Crippen molar-refractivity contribution in [2.45, 2.75) is 44.6 Å². The van der Waals surface area contributed by atoms with E-state index in [-0.39, 0.29) is 18.9 Å². The van der Waals surface area contributed by atoms with Crippen molar-refractivity contribution in [3.8, 4) is 0 Å². The highest BCUT2D eigenvalue weighted by atomic mass is 32.2. The Morgan fingerprint density at radius 3 is 2.72 bits per heavy atom. The first-order chi connectivity index (χ1) is 8.46. The Morgan fingerprint density at radius 2 is 2.00 bits per heavy atom. The lowest BCUT2D eigenvalue weighted by molar-refractivity contribution is -0.121. The Balaban J connectivity index is 1.71. The number of fused-ring (bicyclic) bond motifs is 1. The zero-order chi connectivity index (χ0) is 13.2. The van der Waals surface area contributed by atoms with Crippen molar-refractivity contribution in [3.05, 3.63) is 0 Å². The van der Waals surface area contributed by atoms with Crippen molar-refractivity contribution in [1.82, 2.24) is 10.0 Å².